The van der Waals surface area contributed by atoms with E-state index in [9.17, 15) is 9.59 Å². The molecule has 4 heteroatoms. The van der Waals surface area contributed by atoms with Crippen molar-refractivity contribution >= 4 is 29.0 Å². The predicted octanol–water partition coefficient (Wildman–Crippen LogP) is 3.67. The maximum Gasteiger partial charge on any atom is 0.238 e. The molecule has 20 heavy (non-hydrogen) atoms. The van der Waals surface area contributed by atoms with Crippen molar-refractivity contribution < 1.29 is 9.59 Å². The third-order valence-corrected chi connectivity index (χ3v) is 5.44. The van der Waals surface area contributed by atoms with Gasteiger partial charge in [0.15, 0.2) is 5.78 Å². The summed E-state index contributed by atoms with van der Waals surface area (Å²) in [5.41, 5.74) is -0.641. The van der Waals surface area contributed by atoms with Crippen molar-refractivity contribution in [2.24, 2.45) is 16.7 Å². The van der Waals surface area contributed by atoms with Gasteiger partial charge in [-0.3, -0.25) is 9.59 Å². The van der Waals surface area contributed by atoms with Crippen LogP contribution in [0.1, 0.15) is 33.1 Å². The molecule has 0 aliphatic heterocycles. The van der Waals surface area contributed by atoms with Crippen molar-refractivity contribution in [2.75, 3.05) is 5.32 Å². The van der Waals surface area contributed by atoms with E-state index < -0.39 is 5.41 Å². The summed E-state index contributed by atoms with van der Waals surface area (Å²) in [5.74, 6) is 0.224. The Morgan fingerprint density at radius 1 is 1.35 bits per heavy atom. The van der Waals surface area contributed by atoms with Crippen LogP contribution < -0.4 is 5.32 Å². The Balaban J connectivity index is 1.89. The van der Waals surface area contributed by atoms with E-state index in [0.29, 0.717) is 29.5 Å². The van der Waals surface area contributed by atoms with Gasteiger partial charge in [-0.1, -0.05) is 37.6 Å². The summed E-state index contributed by atoms with van der Waals surface area (Å²) < 4.78 is 0. The molecule has 3 nitrogen and oxygen atoms in total. The van der Waals surface area contributed by atoms with Crippen LogP contribution in [0.5, 0.6) is 0 Å². The van der Waals surface area contributed by atoms with Gasteiger partial charge >= 0.3 is 0 Å². The van der Waals surface area contributed by atoms with Crippen LogP contribution in [0.3, 0.4) is 0 Å². The standard InChI is InChI=1S/C16H18ClNO2/c1-15(2)10-7-8-16(9-10,13(15)19)14(20)18-12-6-4-3-5-11(12)17/h3-6,10H,7-9H2,1-2H3,(H,18,20). The van der Waals surface area contributed by atoms with Crippen LogP contribution in [0.15, 0.2) is 24.3 Å². The third-order valence-electron chi connectivity index (χ3n) is 5.11. The van der Waals surface area contributed by atoms with E-state index >= 15 is 0 Å². The maximum atomic E-state index is 12.7. The molecule has 2 aliphatic carbocycles. The number of benzene rings is 1. The van der Waals surface area contributed by atoms with Crippen molar-refractivity contribution in [3.05, 3.63) is 29.3 Å². The fourth-order valence-electron chi connectivity index (χ4n) is 3.78. The van der Waals surface area contributed by atoms with E-state index in [0.717, 1.165) is 6.42 Å². The third kappa shape index (κ3) is 1.72. The molecule has 1 N–H and O–H groups in total. The van der Waals surface area contributed by atoms with E-state index in [-0.39, 0.29) is 17.1 Å². The molecule has 1 amide bonds. The molecule has 2 bridgehead atoms. The Kier molecular flexibility index (Phi) is 2.94. The molecule has 0 saturated heterocycles. The van der Waals surface area contributed by atoms with E-state index in [4.69, 9.17) is 11.6 Å². The van der Waals surface area contributed by atoms with Crippen molar-refractivity contribution in [3.8, 4) is 0 Å². The zero-order valence-corrected chi connectivity index (χ0v) is 12.5. The molecular formula is C16H18ClNO2. The second kappa shape index (κ2) is 4.32. The Morgan fingerprint density at radius 2 is 2.05 bits per heavy atom. The molecule has 1 aromatic carbocycles. The van der Waals surface area contributed by atoms with Crippen LogP contribution in [0.4, 0.5) is 5.69 Å². The van der Waals surface area contributed by atoms with Gasteiger partial charge in [0.2, 0.25) is 5.91 Å². The Bertz CT molecular complexity index is 596. The lowest BCUT2D eigenvalue weighted by molar-refractivity contribution is -0.142. The second-order valence-electron chi connectivity index (χ2n) is 6.51. The van der Waals surface area contributed by atoms with Crippen LogP contribution >= 0.6 is 11.6 Å². The highest BCUT2D eigenvalue weighted by molar-refractivity contribution is 6.34. The number of para-hydroxylation sites is 1. The highest BCUT2D eigenvalue weighted by atomic mass is 35.5. The summed E-state index contributed by atoms with van der Waals surface area (Å²) in [7, 11) is 0. The second-order valence-corrected chi connectivity index (χ2v) is 6.91. The van der Waals surface area contributed by atoms with Crippen LogP contribution in [0.25, 0.3) is 0 Å². The number of halogens is 1. The quantitative estimate of drug-likeness (QED) is 0.845. The summed E-state index contributed by atoms with van der Waals surface area (Å²) in [6.45, 7) is 3.92. The molecule has 0 heterocycles. The van der Waals surface area contributed by atoms with Crippen molar-refractivity contribution in [3.63, 3.8) is 0 Å². The van der Waals surface area contributed by atoms with Crippen LogP contribution in [0, 0.1) is 16.7 Å². The van der Waals surface area contributed by atoms with Crippen LogP contribution in [0.2, 0.25) is 5.02 Å². The van der Waals surface area contributed by atoms with Gasteiger partial charge in [0.05, 0.1) is 10.7 Å². The smallest absolute Gasteiger partial charge is 0.238 e. The van der Waals surface area contributed by atoms with Gasteiger partial charge in [0.25, 0.3) is 0 Å². The highest BCUT2D eigenvalue weighted by Gasteiger charge is 2.65. The number of Topliss-reactive ketones (excluding diaryl/α,β-unsaturated/α-hetero) is 1. The number of nitrogens with one attached hydrogen (secondary N) is 1. The van der Waals surface area contributed by atoms with Gasteiger partial charge < -0.3 is 5.32 Å². The minimum Gasteiger partial charge on any atom is -0.324 e. The average molecular weight is 292 g/mol. The molecule has 2 fully saturated rings. The largest absolute Gasteiger partial charge is 0.324 e. The molecule has 3 rings (SSSR count). The highest BCUT2D eigenvalue weighted by Crippen LogP contribution is 2.60. The average Bonchev–Trinajstić information content (AvgIpc) is 2.93. The first kappa shape index (κ1) is 13.6. The summed E-state index contributed by atoms with van der Waals surface area (Å²) in [5, 5.41) is 3.34. The fourth-order valence-corrected chi connectivity index (χ4v) is 3.97. The Hall–Kier alpha value is -1.35. The van der Waals surface area contributed by atoms with Gasteiger partial charge in [0, 0.05) is 5.41 Å². The number of hydrogen-bond acceptors (Lipinski definition) is 2. The normalized spacial score (nSPS) is 30.6. The minimum atomic E-state index is -0.840. The van der Waals surface area contributed by atoms with Crippen molar-refractivity contribution in [1.29, 1.82) is 0 Å². The molecule has 2 unspecified atom stereocenters. The first-order valence-electron chi connectivity index (χ1n) is 6.99. The van der Waals surface area contributed by atoms with Gasteiger partial charge in [-0.05, 0) is 37.3 Å². The summed E-state index contributed by atoms with van der Waals surface area (Å²) in [6.07, 6.45) is 2.29. The zero-order chi connectivity index (χ0) is 14.5. The van der Waals surface area contributed by atoms with E-state index in [1.807, 2.05) is 26.0 Å². The molecule has 2 saturated carbocycles. The fraction of sp³-hybridized carbons (Fsp3) is 0.500. The molecule has 2 aliphatic rings. The van der Waals surface area contributed by atoms with Gasteiger partial charge in [-0.25, -0.2) is 0 Å². The van der Waals surface area contributed by atoms with Crippen LogP contribution in [-0.4, -0.2) is 11.7 Å². The summed E-state index contributed by atoms with van der Waals surface area (Å²) in [4.78, 5) is 25.3. The number of hydrogen-bond donors (Lipinski definition) is 1. The Labute approximate surface area is 123 Å². The number of ketones is 1. The van der Waals surface area contributed by atoms with Crippen molar-refractivity contribution in [2.45, 2.75) is 33.1 Å². The molecule has 106 valence electrons. The lowest BCUT2D eigenvalue weighted by atomic mass is 9.70. The number of anilines is 1. The molecule has 1 aromatic rings. The van der Waals surface area contributed by atoms with Gasteiger partial charge in [-0.15, -0.1) is 0 Å². The topological polar surface area (TPSA) is 46.2 Å². The molecule has 0 spiro atoms. The van der Waals surface area contributed by atoms with Crippen molar-refractivity contribution in [1.82, 2.24) is 0 Å². The molecule has 0 radical (unpaired) electrons. The first-order valence-corrected chi connectivity index (χ1v) is 7.36. The Morgan fingerprint density at radius 3 is 2.65 bits per heavy atom. The lowest BCUT2D eigenvalue weighted by Gasteiger charge is -2.32. The number of rotatable bonds is 2. The first-order chi connectivity index (χ1) is 9.38. The monoisotopic (exact) mass is 291 g/mol. The van der Waals surface area contributed by atoms with Gasteiger partial charge in [0.1, 0.15) is 5.41 Å². The lowest BCUT2D eigenvalue weighted by Crippen LogP contribution is -2.44. The SMILES string of the molecule is CC1(C)C(=O)C2(C(=O)Nc3ccccc3Cl)CCC1C2. The van der Waals surface area contributed by atoms with E-state index in [2.05, 4.69) is 5.32 Å². The van der Waals surface area contributed by atoms with E-state index in [1.165, 1.54) is 0 Å². The number of carbonyl (C=O) groups is 2. The number of fused-ring (bicyclic) bond motifs is 2. The minimum absolute atomic E-state index is 0.0887. The molecule has 0 aromatic heterocycles. The summed E-state index contributed by atoms with van der Waals surface area (Å²) in [6, 6.07) is 7.11. The predicted molar refractivity (Wildman–Crippen MR) is 78.6 cm³/mol. The zero-order valence-electron chi connectivity index (χ0n) is 11.7. The maximum absolute atomic E-state index is 12.7. The molecule has 2 atom stereocenters. The van der Waals surface area contributed by atoms with Gasteiger partial charge in [-0.2, -0.15) is 0 Å². The number of amides is 1. The summed E-state index contributed by atoms with van der Waals surface area (Å²) >= 11 is 6.07. The number of carbonyl (C=O) groups excluding carboxylic acids is 2. The van der Waals surface area contributed by atoms with E-state index in [1.54, 1.807) is 12.1 Å². The van der Waals surface area contributed by atoms with Crippen LogP contribution in [-0.2, 0) is 9.59 Å². The molecular weight excluding hydrogens is 274 g/mol.